The summed E-state index contributed by atoms with van der Waals surface area (Å²) in [6.07, 6.45) is 2.91. The number of hydrazine groups is 1. The summed E-state index contributed by atoms with van der Waals surface area (Å²) in [6, 6.07) is 5.18. The van der Waals surface area contributed by atoms with Crippen LogP contribution in [0.3, 0.4) is 0 Å². The average molecular weight is 267 g/mol. The number of hydrogen-bond acceptors (Lipinski definition) is 3. The lowest BCUT2D eigenvalue weighted by molar-refractivity contribution is -0.137. The van der Waals surface area contributed by atoms with Crippen molar-refractivity contribution in [3.63, 3.8) is 0 Å². The molecule has 0 saturated carbocycles. The van der Waals surface area contributed by atoms with Crippen LogP contribution in [0.15, 0.2) is 48.8 Å². The Morgan fingerprint density at radius 1 is 1.11 bits per heavy atom. The highest BCUT2D eigenvalue weighted by Crippen LogP contribution is 2.33. The van der Waals surface area contributed by atoms with Gasteiger partial charge in [-0.25, -0.2) is 0 Å². The Bertz CT molecular complexity index is 536. The zero-order chi connectivity index (χ0) is 13.5. The molecule has 0 saturated heterocycles. The Balaban J connectivity index is 1.94. The summed E-state index contributed by atoms with van der Waals surface area (Å²) in [6.45, 7) is 0. The molecule has 3 rings (SSSR count). The highest BCUT2D eigenvalue weighted by Gasteiger charge is 2.33. The van der Waals surface area contributed by atoms with Crippen molar-refractivity contribution in [2.24, 2.45) is 0 Å². The summed E-state index contributed by atoms with van der Waals surface area (Å²) < 4.78 is 38.2. The second-order valence-electron chi connectivity index (χ2n) is 4.43. The SMILES string of the molecule is FC(F)(F)c1cccc(C2C=CNC3C=CNN32)c1. The van der Waals surface area contributed by atoms with E-state index in [-0.39, 0.29) is 12.2 Å². The van der Waals surface area contributed by atoms with Gasteiger partial charge in [-0.1, -0.05) is 12.1 Å². The first kappa shape index (κ1) is 12.1. The van der Waals surface area contributed by atoms with Gasteiger partial charge in [-0.15, -0.1) is 0 Å². The standard InChI is InChI=1S/C13H12F3N3/c14-13(15,16)10-3-1-2-9(8-10)11-4-6-17-12-5-7-18-19(11)12/h1-8,11-12,17-18H. The number of rotatable bonds is 1. The predicted molar refractivity (Wildman–Crippen MR) is 64.4 cm³/mol. The Morgan fingerprint density at radius 2 is 1.95 bits per heavy atom. The first-order valence-electron chi connectivity index (χ1n) is 5.87. The third kappa shape index (κ3) is 2.19. The minimum Gasteiger partial charge on any atom is -0.371 e. The van der Waals surface area contributed by atoms with E-state index in [4.69, 9.17) is 0 Å². The summed E-state index contributed by atoms with van der Waals surface area (Å²) in [7, 11) is 0. The molecule has 2 aliphatic heterocycles. The molecule has 2 atom stereocenters. The van der Waals surface area contributed by atoms with Crippen LogP contribution >= 0.6 is 0 Å². The molecule has 0 amide bonds. The molecule has 0 aliphatic carbocycles. The van der Waals surface area contributed by atoms with Crippen molar-refractivity contribution in [1.82, 2.24) is 15.8 Å². The fraction of sp³-hybridized carbons (Fsp3) is 0.231. The van der Waals surface area contributed by atoms with Crippen molar-refractivity contribution in [2.75, 3.05) is 0 Å². The molecule has 1 aromatic rings. The monoisotopic (exact) mass is 267 g/mol. The highest BCUT2D eigenvalue weighted by atomic mass is 19.4. The molecule has 0 spiro atoms. The van der Waals surface area contributed by atoms with Crippen molar-refractivity contribution in [3.8, 4) is 0 Å². The van der Waals surface area contributed by atoms with Gasteiger partial charge < -0.3 is 10.7 Å². The van der Waals surface area contributed by atoms with Crippen LogP contribution in [0.1, 0.15) is 17.2 Å². The van der Waals surface area contributed by atoms with E-state index in [2.05, 4.69) is 10.7 Å². The Hall–Kier alpha value is -1.95. The van der Waals surface area contributed by atoms with Gasteiger partial charge in [0.15, 0.2) is 0 Å². The molecule has 0 bridgehead atoms. The predicted octanol–water partition coefficient (Wildman–Crippen LogP) is 2.52. The molecule has 2 N–H and O–H groups in total. The number of halogens is 3. The third-order valence-electron chi connectivity index (χ3n) is 3.20. The van der Waals surface area contributed by atoms with Crippen LogP contribution < -0.4 is 10.7 Å². The van der Waals surface area contributed by atoms with Crippen LogP contribution in [0.25, 0.3) is 0 Å². The number of benzene rings is 1. The van der Waals surface area contributed by atoms with Gasteiger partial charge in [-0.3, -0.25) is 0 Å². The zero-order valence-electron chi connectivity index (χ0n) is 9.85. The molecule has 19 heavy (non-hydrogen) atoms. The lowest BCUT2D eigenvalue weighted by Crippen LogP contribution is -2.48. The van der Waals surface area contributed by atoms with Crippen molar-refractivity contribution < 1.29 is 13.2 Å². The molecule has 100 valence electrons. The minimum atomic E-state index is -4.32. The number of hydrogen-bond donors (Lipinski definition) is 2. The van der Waals surface area contributed by atoms with Crippen molar-refractivity contribution in [2.45, 2.75) is 18.4 Å². The maximum atomic E-state index is 12.7. The van der Waals surface area contributed by atoms with Gasteiger partial charge >= 0.3 is 6.18 Å². The van der Waals surface area contributed by atoms with Crippen LogP contribution in [-0.4, -0.2) is 11.2 Å². The van der Waals surface area contributed by atoms with E-state index < -0.39 is 11.7 Å². The quantitative estimate of drug-likeness (QED) is 0.818. The summed E-state index contributed by atoms with van der Waals surface area (Å²) in [5.41, 5.74) is 3.00. The molecule has 1 aromatic carbocycles. The average Bonchev–Trinajstić information content (AvgIpc) is 2.86. The molecule has 0 fully saturated rings. The van der Waals surface area contributed by atoms with E-state index in [0.29, 0.717) is 5.56 Å². The minimum absolute atomic E-state index is 0.0375. The van der Waals surface area contributed by atoms with Gasteiger partial charge in [-0.2, -0.15) is 18.2 Å². The van der Waals surface area contributed by atoms with Crippen LogP contribution in [0.4, 0.5) is 13.2 Å². The highest BCUT2D eigenvalue weighted by molar-refractivity contribution is 5.31. The zero-order valence-corrected chi connectivity index (χ0v) is 9.85. The van der Waals surface area contributed by atoms with E-state index in [1.165, 1.54) is 12.1 Å². The largest absolute Gasteiger partial charge is 0.416 e. The Morgan fingerprint density at radius 3 is 2.74 bits per heavy atom. The van der Waals surface area contributed by atoms with Gasteiger partial charge in [0.1, 0.15) is 6.17 Å². The smallest absolute Gasteiger partial charge is 0.371 e. The van der Waals surface area contributed by atoms with Gasteiger partial charge in [0.05, 0.1) is 11.6 Å². The molecule has 3 nitrogen and oxygen atoms in total. The molecule has 2 aliphatic rings. The fourth-order valence-corrected chi connectivity index (χ4v) is 2.29. The molecule has 6 heteroatoms. The molecule has 0 radical (unpaired) electrons. The van der Waals surface area contributed by atoms with E-state index in [0.717, 1.165) is 6.07 Å². The second-order valence-corrected chi connectivity index (χ2v) is 4.43. The number of nitrogens with zero attached hydrogens (tertiary/aromatic N) is 1. The third-order valence-corrected chi connectivity index (χ3v) is 3.20. The first-order valence-corrected chi connectivity index (χ1v) is 5.87. The van der Waals surface area contributed by atoms with Crippen LogP contribution in [0.5, 0.6) is 0 Å². The molecule has 2 unspecified atom stereocenters. The molecule has 2 heterocycles. The summed E-state index contributed by atoms with van der Waals surface area (Å²) in [5.74, 6) is 0. The second kappa shape index (κ2) is 4.31. The van der Waals surface area contributed by atoms with E-state index in [1.807, 2.05) is 17.2 Å². The summed E-state index contributed by atoms with van der Waals surface area (Å²) >= 11 is 0. The van der Waals surface area contributed by atoms with Gasteiger partial charge in [-0.05, 0) is 36.0 Å². The maximum Gasteiger partial charge on any atom is 0.416 e. The Labute approximate surface area is 108 Å². The van der Waals surface area contributed by atoms with E-state index in [1.54, 1.807) is 18.5 Å². The molecular formula is C13H12F3N3. The summed E-state index contributed by atoms with van der Waals surface area (Å²) in [4.78, 5) is 0. The number of fused-ring (bicyclic) bond motifs is 1. The fourth-order valence-electron chi connectivity index (χ4n) is 2.29. The van der Waals surface area contributed by atoms with E-state index in [9.17, 15) is 13.2 Å². The van der Waals surface area contributed by atoms with Crippen LogP contribution in [-0.2, 0) is 6.18 Å². The van der Waals surface area contributed by atoms with Gasteiger partial charge in [0, 0.05) is 6.20 Å². The lowest BCUT2D eigenvalue weighted by atomic mass is 10.0. The maximum absolute atomic E-state index is 12.7. The first-order chi connectivity index (χ1) is 9.05. The number of alkyl halides is 3. The van der Waals surface area contributed by atoms with Crippen LogP contribution in [0, 0.1) is 0 Å². The summed E-state index contributed by atoms with van der Waals surface area (Å²) in [5, 5.41) is 4.96. The van der Waals surface area contributed by atoms with Crippen LogP contribution in [0.2, 0.25) is 0 Å². The van der Waals surface area contributed by atoms with Gasteiger partial charge in [0.2, 0.25) is 0 Å². The topological polar surface area (TPSA) is 27.3 Å². The lowest BCUT2D eigenvalue weighted by Gasteiger charge is -2.34. The molecular weight excluding hydrogens is 255 g/mol. The van der Waals surface area contributed by atoms with Crippen molar-refractivity contribution in [3.05, 3.63) is 59.9 Å². The van der Waals surface area contributed by atoms with E-state index >= 15 is 0 Å². The van der Waals surface area contributed by atoms with Crippen molar-refractivity contribution >= 4 is 0 Å². The number of nitrogens with one attached hydrogen (secondary N) is 2. The Kier molecular flexibility index (Phi) is 2.74. The van der Waals surface area contributed by atoms with Crippen molar-refractivity contribution in [1.29, 1.82) is 0 Å². The normalized spacial score (nSPS) is 25.8. The molecule has 0 aromatic heterocycles. The van der Waals surface area contributed by atoms with Gasteiger partial charge in [0.25, 0.3) is 0 Å².